The van der Waals surface area contributed by atoms with E-state index in [0.717, 1.165) is 25.7 Å². The van der Waals surface area contributed by atoms with Crippen molar-refractivity contribution < 1.29 is 9.53 Å². The van der Waals surface area contributed by atoms with Gasteiger partial charge in [-0.15, -0.1) is 0 Å². The molecule has 0 bridgehead atoms. The van der Waals surface area contributed by atoms with Crippen LogP contribution in [-0.2, 0) is 21.4 Å². The smallest absolute Gasteiger partial charge is 0.330 e. The van der Waals surface area contributed by atoms with Crippen LogP contribution in [-0.4, -0.2) is 12.6 Å². The predicted octanol–water partition coefficient (Wildman–Crippen LogP) is 5.99. The van der Waals surface area contributed by atoms with E-state index in [0.29, 0.717) is 6.61 Å². The van der Waals surface area contributed by atoms with Crippen LogP contribution < -0.4 is 0 Å². The standard InChI is InChI=1S/C24H32O2/c1-4-6-15-24(17-11-18-26-23(25)5-2)16-10-8-7-9-12-21-14-13-20(3)19-22(21)24/h5,7-10,13-14,19H,2,4,6,11-12,15-18H2,1,3H3/b9-7-,10-8-. The molecular formula is C24H32O2. The van der Waals surface area contributed by atoms with Gasteiger partial charge in [-0.05, 0) is 55.6 Å². The largest absolute Gasteiger partial charge is 0.463 e. The fraction of sp³-hybridized carbons (Fsp3) is 0.458. The molecule has 0 fully saturated rings. The lowest BCUT2D eigenvalue weighted by molar-refractivity contribution is -0.137. The molecule has 0 spiro atoms. The molecule has 1 aliphatic rings. The van der Waals surface area contributed by atoms with Crippen LogP contribution in [0.15, 0.2) is 55.2 Å². The Hall–Kier alpha value is -2.09. The molecule has 0 radical (unpaired) electrons. The third-order valence-corrected chi connectivity index (χ3v) is 5.29. The number of unbranched alkanes of at least 4 members (excludes halogenated alkanes) is 1. The first-order chi connectivity index (χ1) is 12.6. The summed E-state index contributed by atoms with van der Waals surface area (Å²) in [5.41, 5.74) is 4.34. The number of hydrogen-bond acceptors (Lipinski definition) is 2. The van der Waals surface area contributed by atoms with Crippen molar-refractivity contribution >= 4 is 5.97 Å². The Morgan fingerprint density at radius 1 is 1.23 bits per heavy atom. The molecule has 1 aromatic carbocycles. The van der Waals surface area contributed by atoms with Crippen molar-refractivity contribution in [2.45, 2.75) is 64.2 Å². The van der Waals surface area contributed by atoms with E-state index < -0.39 is 0 Å². The van der Waals surface area contributed by atoms with Crippen LogP contribution in [0, 0.1) is 6.92 Å². The predicted molar refractivity (Wildman–Crippen MR) is 109 cm³/mol. The molecule has 140 valence electrons. The van der Waals surface area contributed by atoms with Crippen LogP contribution in [0.1, 0.15) is 62.1 Å². The van der Waals surface area contributed by atoms with Crippen LogP contribution >= 0.6 is 0 Å². The maximum absolute atomic E-state index is 11.3. The minimum absolute atomic E-state index is 0.112. The molecule has 0 aromatic heterocycles. The van der Waals surface area contributed by atoms with Crippen LogP contribution in [0.3, 0.4) is 0 Å². The lowest BCUT2D eigenvalue weighted by Gasteiger charge is -2.36. The van der Waals surface area contributed by atoms with E-state index in [9.17, 15) is 4.79 Å². The molecule has 26 heavy (non-hydrogen) atoms. The van der Waals surface area contributed by atoms with Gasteiger partial charge in [0.15, 0.2) is 0 Å². The Bertz CT molecular complexity index is 669. The van der Waals surface area contributed by atoms with Gasteiger partial charge in [0.05, 0.1) is 6.61 Å². The monoisotopic (exact) mass is 352 g/mol. The molecule has 2 rings (SSSR count). The zero-order valence-electron chi connectivity index (χ0n) is 16.3. The SMILES string of the molecule is C=CC(=O)OCCCC1(CCCC)C/C=C\C=C/Cc2ccc(C)cc21. The Balaban J connectivity index is 2.32. The van der Waals surface area contributed by atoms with E-state index in [-0.39, 0.29) is 11.4 Å². The van der Waals surface area contributed by atoms with Crippen molar-refractivity contribution in [2.24, 2.45) is 0 Å². The minimum Gasteiger partial charge on any atom is -0.463 e. The molecular weight excluding hydrogens is 320 g/mol. The number of hydrogen-bond donors (Lipinski definition) is 0. The summed E-state index contributed by atoms with van der Waals surface area (Å²) in [4.78, 5) is 11.3. The summed E-state index contributed by atoms with van der Waals surface area (Å²) in [7, 11) is 0. The first-order valence-corrected chi connectivity index (χ1v) is 9.82. The fourth-order valence-corrected chi connectivity index (χ4v) is 3.87. The number of ether oxygens (including phenoxy) is 1. The average Bonchev–Trinajstić information content (AvgIpc) is 2.73. The summed E-state index contributed by atoms with van der Waals surface area (Å²) in [5.74, 6) is -0.331. The van der Waals surface area contributed by atoms with E-state index in [1.807, 2.05) is 0 Å². The fourth-order valence-electron chi connectivity index (χ4n) is 3.87. The van der Waals surface area contributed by atoms with E-state index in [4.69, 9.17) is 4.74 Å². The van der Waals surface area contributed by atoms with E-state index >= 15 is 0 Å². The average molecular weight is 353 g/mol. The summed E-state index contributed by atoms with van der Waals surface area (Å²) >= 11 is 0. The Morgan fingerprint density at radius 3 is 2.77 bits per heavy atom. The topological polar surface area (TPSA) is 26.3 Å². The second-order valence-electron chi connectivity index (χ2n) is 7.28. The Kier molecular flexibility index (Phi) is 7.90. The third-order valence-electron chi connectivity index (χ3n) is 5.29. The van der Waals surface area contributed by atoms with Crippen molar-refractivity contribution in [3.8, 4) is 0 Å². The van der Waals surface area contributed by atoms with E-state index in [1.54, 1.807) is 0 Å². The van der Waals surface area contributed by atoms with Gasteiger partial charge < -0.3 is 4.74 Å². The molecule has 0 heterocycles. The summed E-state index contributed by atoms with van der Waals surface area (Å²) in [6, 6.07) is 6.89. The molecule has 1 atom stereocenters. The van der Waals surface area contributed by atoms with Gasteiger partial charge in [-0.3, -0.25) is 0 Å². The number of esters is 1. The molecule has 1 unspecified atom stereocenters. The second-order valence-corrected chi connectivity index (χ2v) is 7.28. The molecule has 2 heteroatoms. The quantitative estimate of drug-likeness (QED) is 0.326. The van der Waals surface area contributed by atoms with Crippen molar-refractivity contribution in [2.75, 3.05) is 6.61 Å². The molecule has 1 aromatic rings. The number of allylic oxidation sites excluding steroid dienone is 4. The number of fused-ring (bicyclic) bond motifs is 1. The molecule has 2 nitrogen and oxygen atoms in total. The number of carbonyl (C=O) groups excluding carboxylic acids is 1. The highest BCUT2D eigenvalue weighted by atomic mass is 16.5. The van der Waals surface area contributed by atoms with Gasteiger partial charge in [-0.25, -0.2) is 4.79 Å². The number of benzene rings is 1. The summed E-state index contributed by atoms with van der Waals surface area (Å²) < 4.78 is 5.24. The highest BCUT2D eigenvalue weighted by Crippen LogP contribution is 2.41. The van der Waals surface area contributed by atoms with Gasteiger partial charge in [-0.1, -0.05) is 74.4 Å². The number of aryl methyl sites for hydroxylation is 1. The van der Waals surface area contributed by atoms with Crippen molar-refractivity contribution in [3.05, 3.63) is 71.8 Å². The summed E-state index contributed by atoms with van der Waals surface area (Å²) in [5, 5.41) is 0. The molecule has 0 amide bonds. The molecule has 0 aliphatic heterocycles. The van der Waals surface area contributed by atoms with E-state index in [1.165, 1.54) is 42.0 Å². The normalized spacial score (nSPS) is 21.6. The van der Waals surface area contributed by atoms with Gasteiger partial charge in [0.1, 0.15) is 0 Å². The number of rotatable bonds is 8. The summed E-state index contributed by atoms with van der Waals surface area (Å²) in [6.45, 7) is 8.35. The third kappa shape index (κ3) is 5.45. The molecule has 0 saturated carbocycles. The van der Waals surface area contributed by atoms with Crippen LogP contribution in [0.25, 0.3) is 0 Å². The lowest BCUT2D eigenvalue weighted by atomic mass is 9.68. The zero-order chi connectivity index (χ0) is 18.8. The first-order valence-electron chi connectivity index (χ1n) is 9.82. The maximum atomic E-state index is 11.3. The molecule has 0 N–H and O–H groups in total. The Labute approximate surface area is 158 Å². The van der Waals surface area contributed by atoms with Crippen LogP contribution in [0.2, 0.25) is 0 Å². The van der Waals surface area contributed by atoms with E-state index in [2.05, 4.69) is 62.9 Å². The van der Waals surface area contributed by atoms with Gasteiger partial charge in [0, 0.05) is 6.08 Å². The van der Waals surface area contributed by atoms with Gasteiger partial charge in [-0.2, -0.15) is 0 Å². The van der Waals surface area contributed by atoms with Gasteiger partial charge in [0.25, 0.3) is 0 Å². The highest BCUT2D eigenvalue weighted by molar-refractivity contribution is 5.81. The van der Waals surface area contributed by atoms with Crippen molar-refractivity contribution in [1.29, 1.82) is 0 Å². The van der Waals surface area contributed by atoms with Crippen molar-refractivity contribution in [1.82, 2.24) is 0 Å². The lowest BCUT2D eigenvalue weighted by Crippen LogP contribution is -2.28. The number of carbonyl (C=O) groups is 1. The molecule has 1 aliphatic carbocycles. The summed E-state index contributed by atoms with van der Waals surface area (Å²) in [6.07, 6.45) is 17.6. The molecule has 0 saturated heterocycles. The maximum Gasteiger partial charge on any atom is 0.330 e. The second kappa shape index (κ2) is 10.2. The minimum atomic E-state index is -0.331. The van der Waals surface area contributed by atoms with Gasteiger partial charge >= 0.3 is 5.97 Å². The zero-order valence-corrected chi connectivity index (χ0v) is 16.3. The van der Waals surface area contributed by atoms with Crippen LogP contribution in [0.5, 0.6) is 0 Å². The van der Waals surface area contributed by atoms with Gasteiger partial charge in [0.2, 0.25) is 0 Å². The highest BCUT2D eigenvalue weighted by Gasteiger charge is 2.32. The Morgan fingerprint density at radius 2 is 2.00 bits per heavy atom. The van der Waals surface area contributed by atoms with Crippen molar-refractivity contribution in [3.63, 3.8) is 0 Å². The first kappa shape index (κ1) is 20.2. The van der Waals surface area contributed by atoms with Crippen LogP contribution in [0.4, 0.5) is 0 Å².